The van der Waals surface area contributed by atoms with Crippen LogP contribution in [0.5, 0.6) is 0 Å². The molecule has 2 heterocycles. The summed E-state index contributed by atoms with van der Waals surface area (Å²) in [4.78, 5) is 0. The van der Waals surface area contributed by atoms with Crippen molar-refractivity contribution in [2.75, 3.05) is 0 Å². The van der Waals surface area contributed by atoms with Crippen molar-refractivity contribution in [1.29, 1.82) is 0 Å². The molecule has 2 aromatic heterocycles. The van der Waals surface area contributed by atoms with Crippen molar-refractivity contribution in [2.45, 2.75) is 0 Å². The largest absolute Gasteiger partial charge is 0.274 e. The summed E-state index contributed by atoms with van der Waals surface area (Å²) in [7, 11) is 0. The molecule has 6 nitrogen and oxygen atoms in total. The lowest BCUT2D eigenvalue weighted by molar-refractivity contribution is 0.865. The number of rotatable bonds is 4. The average Bonchev–Trinajstić information content (AvgIpc) is 3.29. The highest BCUT2D eigenvalue weighted by molar-refractivity contribution is 7.71. The van der Waals surface area contributed by atoms with E-state index in [2.05, 4.69) is 25.5 Å². The topological polar surface area (TPSA) is 74.7 Å². The fourth-order valence-electron chi connectivity index (χ4n) is 2.47. The second-order valence-electron chi connectivity index (χ2n) is 5.46. The Hall–Kier alpha value is -3.03. The summed E-state index contributed by atoms with van der Waals surface area (Å²) >= 11 is 11.5. The van der Waals surface area contributed by atoms with Gasteiger partial charge in [-0.15, -0.1) is 0 Å². The third-order valence-corrected chi connectivity index (χ3v) is 4.36. The Morgan fingerprint density at radius 2 is 1.77 bits per heavy atom. The zero-order chi connectivity index (χ0) is 17.9. The molecular weight excluding hydrogens is 368 g/mol. The van der Waals surface area contributed by atoms with Crippen LogP contribution in [0, 0.1) is 4.77 Å². The maximum Gasteiger partial charge on any atom is 0.216 e. The summed E-state index contributed by atoms with van der Waals surface area (Å²) in [6.45, 7) is 0. The second-order valence-corrected chi connectivity index (χ2v) is 6.26. The van der Waals surface area contributed by atoms with Gasteiger partial charge in [-0.1, -0.05) is 60.1 Å². The number of benzene rings is 2. The van der Waals surface area contributed by atoms with E-state index in [1.165, 1.54) is 4.68 Å². The summed E-state index contributed by atoms with van der Waals surface area (Å²) < 4.78 is 1.90. The molecule has 0 saturated heterocycles. The first-order chi connectivity index (χ1) is 12.7. The van der Waals surface area contributed by atoms with Crippen LogP contribution in [0.2, 0.25) is 5.02 Å². The number of H-pyrrole nitrogens is 2. The van der Waals surface area contributed by atoms with Crippen LogP contribution in [-0.2, 0) is 0 Å². The quantitative estimate of drug-likeness (QED) is 0.403. The van der Waals surface area contributed by atoms with Gasteiger partial charge in [0, 0.05) is 16.1 Å². The van der Waals surface area contributed by atoms with E-state index in [-0.39, 0.29) is 0 Å². The van der Waals surface area contributed by atoms with Crippen LogP contribution in [0.25, 0.3) is 22.8 Å². The lowest BCUT2D eigenvalue weighted by Gasteiger charge is -1.99. The highest BCUT2D eigenvalue weighted by Gasteiger charge is 2.12. The van der Waals surface area contributed by atoms with E-state index in [0.717, 1.165) is 16.8 Å². The van der Waals surface area contributed by atoms with Crippen LogP contribution in [0.15, 0.2) is 65.8 Å². The van der Waals surface area contributed by atoms with Crippen LogP contribution in [-0.4, -0.2) is 31.3 Å². The number of hydrogen-bond acceptors (Lipinski definition) is 4. The summed E-state index contributed by atoms with van der Waals surface area (Å²) in [5.74, 6) is 0.535. The summed E-state index contributed by atoms with van der Waals surface area (Å²) in [5, 5.41) is 19.4. The van der Waals surface area contributed by atoms with Gasteiger partial charge >= 0.3 is 0 Å². The number of aromatic nitrogens is 5. The minimum absolute atomic E-state index is 0.374. The van der Waals surface area contributed by atoms with E-state index in [4.69, 9.17) is 23.8 Å². The average molecular weight is 381 g/mol. The molecule has 0 amide bonds. The molecule has 2 aromatic carbocycles. The van der Waals surface area contributed by atoms with E-state index in [9.17, 15) is 0 Å². The molecule has 4 rings (SSSR count). The highest BCUT2D eigenvalue weighted by atomic mass is 35.5. The number of nitrogens with zero attached hydrogens (tertiary/aromatic N) is 4. The first kappa shape index (κ1) is 16.4. The van der Waals surface area contributed by atoms with Gasteiger partial charge < -0.3 is 0 Å². The Balaban J connectivity index is 1.70. The zero-order valence-corrected chi connectivity index (χ0v) is 15.0. The molecule has 0 bridgehead atoms. The summed E-state index contributed by atoms with van der Waals surface area (Å²) in [6.07, 6.45) is 1.64. The fourth-order valence-corrected chi connectivity index (χ4v) is 2.83. The molecule has 128 valence electrons. The van der Waals surface area contributed by atoms with Crippen molar-refractivity contribution < 1.29 is 0 Å². The third-order valence-electron chi connectivity index (χ3n) is 3.76. The van der Waals surface area contributed by atoms with Gasteiger partial charge in [0.1, 0.15) is 5.69 Å². The highest BCUT2D eigenvalue weighted by Crippen LogP contribution is 2.22. The Morgan fingerprint density at radius 3 is 2.58 bits per heavy atom. The van der Waals surface area contributed by atoms with Gasteiger partial charge in [0.2, 0.25) is 10.6 Å². The maximum absolute atomic E-state index is 6.17. The fraction of sp³-hybridized carbons (Fsp3) is 0. The maximum atomic E-state index is 6.17. The molecule has 0 unspecified atom stereocenters. The minimum atomic E-state index is 0.374. The molecule has 4 aromatic rings. The van der Waals surface area contributed by atoms with Crippen molar-refractivity contribution >= 4 is 30.0 Å². The van der Waals surface area contributed by atoms with Crippen LogP contribution >= 0.6 is 23.8 Å². The Labute approximate surface area is 159 Å². The third kappa shape index (κ3) is 3.22. The molecule has 0 aliphatic heterocycles. The molecular formula is C18H13ClN6S. The Kier molecular flexibility index (Phi) is 4.47. The normalized spacial score (nSPS) is 11.3. The zero-order valence-electron chi connectivity index (χ0n) is 13.4. The van der Waals surface area contributed by atoms with Gasteiger partial charge in [0.15, 0.2) is 0 Å². The smallest absolute Gasteiger partial charge is 0.216 e. The van der Waals surface area contributed by atoms with Crippen molar-refractivity contribution in [1.82, 2.24) is 25.1 Å². The van der Waals surface area contributed by atoms with Crippen molar-refractivity contribution in [3.05, 3.63) is 76.0 Å². The van der Waals surface area contributed by atoms with E-state index in [1.54, 1.807) is 12.3 Å². The molecule has 26 heavy (non-hydrogen) atoms. The van der Waals surface area contributed by atoms with E-state index in [1.807, 2.05) is 54.6 Å². The van der Waals surface area contributed by atoms with Gasteiger partial charge in [-0.05, 0) is 24.4 Å². The predicted octanol–water partition coefficient (Wildman–Crippen LogP) is 4.53. The van der Waals surface area contributed by atoms with E-state index >= 15 is 0 Å². The Morgan fingerprint density at radius 1 is 1.00 bits per heavy atom. The molecule has 0 aliphatic rings. The molecule has 2 N–H and O–H groups in total. The Bertz CT molecular complexity index is 1130. The molecule has 0 aliphatic carbocycles. The van der Waals surface area contributed by atoms with Crippen molar-refractivity contribution in [3.8, 4) is 22.8 Å². The van der Waals surface area contributed by atoms with Crippen LogP contribution in [0.3, 0.4) is 0 Å². The van der Waals surface area contributed by atoms with Crippen LogP contribution in [0.1, 0.15) is 5.56 Å². The van der Waals surface area contributed by atoms with Gasteiger partial charge in [0.05, 0.1) is 11.9 Å². The number of halogens is 1. The number of nitrogens with one attached hydrogen (secondary N) is 2. The predicted molar refractivity (Wildman–Crippen MR) is 105 cm³/mol. The summed E-state index contributed by atoms with van der Waals surface area (Å²) in [6, 6.07) is 19.2. The van der Waals surface area contributed by atoms with Crippen molar-refractivity contribution in [2.24, 2.45) is 5.10 Å². The second kappa shape index (κ2) is 7.07. The van der Waals surface area contributed by atoms with Gasteiger partial charge in [-0.25, -0.2) is 5.10 Å². The van der Waals surface area contributed by atoms with E-state index in [0.29, 0.717) is 21.3 Å². The first-order valence-corrected chi connectivity index (χ1v) is 8.58. The molecule has 0 radical (unpaired) electrons. The monoisotopic (exact) mass is 380 g/mol. The standard InChI is InChI=1S/C18H13ClN6S/c19-14-9-5-4-8-13(14)11-20-25-17(23-24-18(25)26)16-10-15(21-22-16)12-6-2-1-3-7-12/h1-11H,(H,21,22)(H,24,26)/b20-11-. The molecule has 8 heteroatoms. The molecule has 0 atom stereocenters. The molecule has 0 fully saturated rings. The lowest BCUT2D eigenvalue weighted by Crippen LogP contribution is -1.95. The van der Waals surface area contributed by atoms with E-state index < -0.39 is 0 Å². The van der Waals surface area contributed by atoms with Crippen LogP contribution in [0.4, 0.5) is 0 Å². The minimum Gasteiger partial charge on any atom is -0.274 e. The van der Waals surface area contributed by atoms with Gasteiger partial charge in [-0.3, -0.25) is 5.10 Å². The SMILES string of the molecule is S=c1[nH]nc(-c2cc(-c3ccccc3)n[nH]2)n1/N=C\c1ccccc1Cl. The molecule has 0 spiro atoms. The molecule has 0 saturated carbocycles. The van der Waals surface area contributed by atoms with Crippen LogP contribution < -0.4 is 0 Å². The lowest BCUT2D eigenvalue weighted by atomic mass is 10.1. The van der Waals surface area contributed by atoms with Gasteiger partial charge in [0.25, 0.3) is 0 Å². The first-order valence-electron chi connectivity index (χ1n) is 7.80. The number of hydrogen-bond donors (Lipinski definition) is 2. The van der Waals surface area contributed by atoms with Gasteiger partial charge in [-0.2, -0.15) is 20.0 Å². The van der Waals surface area contributed by atoms with Crippen molar-refractivity contribution in [3.63, 3.8) is 0 Å². The summed E-state index contributed by atoms with van der Waals surface area (Å²) in [5.41, 5.74) is 3.32. The number of aromatic amines is 2.